The van der Waals surface area contributed by atoms with Crippen LogP contribution in [0.4, 0.5) is 10.5 Å². The first-order chi connectivity index (χ1) is 15.4. The predicted molar refractivity (Wildman–Crippen MR) is 121 cm³/mol. The summed E-state index contributed by atoms with van der Waals surface area (Å²) in [6, 6.07) is 14.0. The topological polar surface area (TPSA) is 102 Å². The molecule has 2 aromatic rings. The number of carbonyl (C=O) groups is 4. The van der Waals surface area contributed by atoms with Crippen molar-refractivity contribution in [2.75, 3.05) is 25.1 Å². The fraction of sp³-hybridized carbons (Fsp3) is 0.217. The van der Waals surface area contributed by atoms with E-state index in [4.69, 9.17) is 9.47 Å². The number of imide groups is 1. The van der Waals surface area contributed by atoms with Crippen molar-refractivity contribution >= 4 is 46.5 Å². The number of anilines is 1. The number of nitrogens with zero attached hydrogens (tertiary/aromatic N) is 1. The number of rotatable bonds is 8. The van der Waals surface area contributed by atoms with Gasteiger partial charge in [-0.15, -0.1) is 0 Å². The van der Waals surface area contributed by atoms with Crippen LogP contribution in [-0.4, -0.2) is 47.7 Å². The summed E-state index contributed by atoms with van der Waals surface area (Å²) in [6.45, 7) is 3.17. The molecular formula is C23H22N2O6S. The predicted octanol–water partition coefficient (Wildman–Crippen LogP) is 3.61. The number of aryl methyl sites for hydroxylation is 1. The van der Waals surface area contributed by atoms with Gasteiger partial charge in [0.1, 0.15) is 12.3 Å². The Balaban J connectivity index is 1.69. The van der Waals surface area contributed by atoms with E-state index in [0.29, 0.717) is 17.0 Å². The van der Waals surface area contributed by atoms with E-state index in [1.165, 1.54) is 6.08 Å². The molecule has 0 bridgehead atoms. The van der Waals surface area contributed by atoms with E-state index in [2.05, 4.69) is 5.32 Å². The molecule has 1 fully saturated rings. The fourth-order valence-electron chi connectivity index (χ4n) is 2.92. The van der Waals surface area contributed by atoms with Crippen LogP contribution in [0.25, 0.3) is 6.08 Å². The average molecular weight is 455 g/mol. The molecule has 9 heteroatoms. The number of hydrogen-bond acceptors (Lipinski definition) is 7. The third kappa shape index (κ3) is 5.98. The van der Waals surface area contributed by atoms with E-state index < -0.39 is 29.6 Å². The van der Waals surface area contributed by atoms with Gasteiger partial charge in [0.15, 0.2) is 6.61 Å². The first kappa shape index (κ1) is 23.1. The van der Waals surface area contributed by atoms with Gasteiger partial charge in [-0.25, -0.2) is 4.79 Å². The van der Waals surface area contributed by atoms with Gasteiger partial charge in [-0.2, -0.15) is 0 Å². The van der Waals surface area contributed by atoms with Crippen molar-refractivity contribution in [3.05, 3.63) is 64.6 Å². The molecule has 0 aromatic heterocycles. The van der Waals surface area contributed by atoms with Gasteiger partial charge in [-0.1, -0.05) is 30.3 Å². The van der Waals surface area contributed by atoms with E-state index in [1.807, 2.05) is 13.0 Å². The summed E-state index contributed by atoms with van der Waals surface area (Å²) in [4.78, 5) is 50.0. The van der Waals surface area contributed by atoms with Crippen molar-refractivity contribution < 1.29 is 28.7 Å². The van der Waals surface area contributed by atoms with E-state index >= 15 is 0 Å². The lowest BCUT2D eigenvalue weighted by Gasteiger charge is -2.12. The molecule has 1 heterocycles. The molecule has 0 aliphatic carbocycles. The van der Waals surface area contributed by atoms with Gasteiger partial charge < -0.3 is 14.8 Å². The third-order valence-corrected chi connectivity index (χ3v) is 5.24. The van der Waals surface area contributed by atoms with Gasteiger partial charge in [0.2, 0.25) is 5.91 Å². The van der Waals surface area contributed by atoms with Crippen molar-refractivity contribution in [3.8, 4) is 5.75 Å². The highest BCUT2D eigenvalue weighted by Gasteiger charge is 2.36. The maximum atomic E-state index is 12.7. The lowest BCUT2D eigenvalue weighted by atomic mass is 10.2. The second-order valence-electron chi connectivity index (χ2n) is 6.82. The smallest absolute Gasteiger partial charge is 0.344 e. The summed E-state index contributed by atoms with van der Waals surface area (Å²) in [5, 5.41) is 2.15. The van der Waals surface area contributed by atoms with Gasteiger partial charge in [-0.05, 0) is 55.4 Å². The van der Waals surface area contributed by atoms with Crippen molar-refractivity contribution in [3.63, 3.8) is 0 Å². The van der Waals surface area contributed by atoms with Gasteiger partial charge >= 0.3 is 5.97 Å². The zero-order chi connectivity index (χ0) is 23.1. The normalized spacial score (nSPS) is 14.6. The molecule has 0 radical (unpaired) electrons. The Morgan fingerprint density at radius 3 is 2.66 bits per heavy atom. The number of ether oxygens (including phenoxy) is 2. The first-order valence-electron chi connectivity index (χ1n) is 9.86. The molecule has 1 N–H and O–H groups in total. The van der Waals surface area contributed by atoms with Crippen LogP contribution in [-0.2, 0) is 19.1 Å². The number of amides is 3. The van der Waals surface area contributed by atoms with Crippen molar-refractivity contribution in [2.24, 2.45) is 0 Å². The van der Waals surface area contributed by atoms with E-state index in [0.717, 1.165) is 22.2 Å². The molecule has 1 aliphatic rings. The molecule has 166 valence electrons. The highest BCUT2D eigenvalue weighted by atomic mass is 32.2. The fourth-order valence-corrected chi connectivity index (χ4v) is 3.74. The molecule has 32 heavy (non-hydrogen) atoms. The van der Waals surface area contributed by atoms with Gasteiger partial charge in [0, 0.05) is 11.3 Å². The van der Waals surface area contributed by atoms with Crippen LogP contribution in [0.3, 0.4) is 0 Å². The lowest BCUT2D eigenvalue weighted by molar-refractivity contribution is -0.145. The Bertz CT molecular complexity index is 1080. The Morgan fingerprint density at radius 1 is 1.12 bits per heavy atom. The van der Waals surface area contributed by atoms with E-state index in [-0.39, 0.29) is 18.1 Å². The number of nitrogens with one attached hydrogen (secondary N) is 1. The van der Waals surface area contributed by atoms with Crippen LogP contribution in [0, 0.1) is 6.92 Å². The van der Waals surface area contributed by atoms with Crippen molar-refractivity contribution in [1.82, 2.24) is 4.90 Å². The average Bonchev–Trinajstić information content (AvgIpc) is 3.00. The Kier molecular flexibility index (Phi) is 7.67. The van der Waals surface area contributed by atoms with Gasteiger partial charge in [0.25, 0.3) is 11.1 Å². The number of esters is 1. The minimum absolute atomic E-state index is 0.158. The van der Waals surface area contributed by atoms with E-state index in [9.17, 15) is 19.2 Å². The number of hydrogen-bond donors (Lipinski definition) is 1. The molecule has 0 atom stereocenters. The maximum absolute atomic E-state index is 12.7. The van der Waals surface area contributed by atoms with Crippen LogP contribution in [0.2, 0.25) is 0 Å². The Morgan fingerprint density at radius 2 is 1.91 bits per heavy atom. The summed E-state index contributed by atoms with van der Waals surface area (Å²) in [6.07, 6.45) is 1.50. The van der Waals surface area contributed by atoms with Crippen LogP contribution >= 0.6 is 11.8 Å². The van der Waals surface area contributed by atoms with Crippen LogP contribution in [0.15, 0.2) is 53.4 Å². The van der Waals surface area contributed by atoms with Crippen molar-refractivity contribution in [1.29, 1.82) is 0 Å². The zero-order valence-electron chi connectivity index (χ0n) is 17.6. The highest BCUT2D eigenvalue weighted by molar-refractivity contribution is 8.18. The molecular weight excluding hydrogens is 432 g/mol. The minimum Gasteiger partial charge on any atom is -0.481 e. The number of carbonyl (C=O) groups excluding carboxylic acids is 4. The second-order valence-corrected chi connectivity index (χ2v) is 7.81. The molecule has 1 aliphatic heterocycles. The molecule has 0 unspecified atom stereocenters. The van der Waals surface area contributed by atoms with E-state index in [1.54, 1.807) is 49.4 Å². The first-order valence-corrected chi connectivity index (χ1v) is 10.7. The number of para-hydroxylation sites is 1. The summed E-state index contributed by atoms with van der Waals surface area (Å²) < 4.78 is 10.3. The summed E-state index contributed by atoms with van der Waals surface area (Å²) in [7, 11) is 0. The number of thioether (sulfide) groups is 1. The number of benzene rings is 2. The molecule has 2 aromatic carbocycles. The second kappa shape index (κ2) is 10.6. The maximum Gasteiger partial charge on any atom is 0.344 e. The van der Waals surface area contributed by atoms with Crippen LogP contribution in [0.1, 0.15) is 18.1 Å². The molecule has 3 amide bonds. The van der Waals surface area contributed by atoms with Crippen LogP contribution in [0.5, 0.6) is 5.75 Å². The summed E-state index contributed by atoms with van der Waals surface area (Å²) in [5.74, 6) is -1.19. The molecule has 3 rings (SSSR count). The highest BCUT2D eigenvalue weighted by Crippen LogP contribution is 2.34. The SMILES string of the molecule is CCOC(=O)COc1ccccc1C=C1SC(=O)N(CC(=O)Nc2cccc(C)c2)C1=O. The summed E-state index contributed by atoms with van der Waals surface area (Å²) >= 11 is 0.740. The monoisotopic (exact) mass is 454 g/mol. The molecule has 0 spiro atoms. The largest absolute Gasteiger partial charge is 0.481 e. The Hall–Kier alpha value is -3.59. The third-order valence-electron chi connectivity index (χ3n) is 4.33. The zero-order valence-corrected chi connectivity index (χ0v) is 18.4. The van der Waals surface area contributed by atoms with Crippen LogP contribution < -0.4 is 10.1 Å². The molecule has 1 saturated heterocycles. The lowest BCUT2D eigenvalue weighted by Crippen LogP contribution is -2.36. The van der Waals surface area contributed by atoms with Crippen molar-refractivity contribution in [2.45, 2.75) is 13.8 Å². The molecule has 8 nitrogen and oxygen atoms in total. The molecule has 0 saturated carbocycles. The standard InChI is InChI=1S/C23H22N2O6S/c1-3-30-21(27)14-31-18-10-5-4-8-16(18)12-19-22(28)25(23(29)32-19)13-20(26)24-17-9-6-7-15(2)11-17/h4-12H,3,13-14H2,1-2H3,(H,24,26). The minimum atomic E-state index is -0.570. The Labute approximate surface area is 189 Å². The summed E-state index contributed by atoms with van der Waals surface area (Å²) in [5.41, 5.74) is 2.08. The quantitative estimate of drug-likeness (QED) is 0.480. The van der Waals surface area contributed by atoms with Gasteiger partial charge in [0.05, 0.1) is 11.5 Å². The van der Waals surface area contributed by atoms with Gasteiger partial charge in [-0.3, -0.25) is 19.3 Å².